The fraction of sp³-hybridized carbons (Fsp3) is 0.625. The van der Waals surface area contributed by atoms with Crippen LogP contribution in [0.15, 0.2) is 12.7 Å². The zero-order valence-corrected chi connectivity index (χ0v) is 7.74. The second kappa shape index (κ2) is 3.60. The van der Waals surface area contributed by atoms with Gasteiger partial charge in [-0.15, -0.1) is 0 Å². The van der Waals surface area contributed by atoms with E-state index in [1.165, 1.54) is 0 Å². The molecule has 0 aromatic rings. The van der Waals surface area contributed by atoms with Crippen molar-refractivity contribution in [1.29, 1.82) is 0 Å². The van der Waals surface area contributed by atoms with Crippen molar-refractivity contribution in [3.8, 4) is 0 Å². The van der Waals surface area contributed by atoms with Crippen molar-refractivity contribution in [2.75, 3.05) is 6.61 Å². The molecule has 1 aliphatic heterocycles. The van der Waals surface area contributed by atoms with E-state index in [-0.39, 0.29) is 5.92 Å². The summed E-state index contributed by atoms with van der Waals surface area (Å²) >= 11 is 5.18. The number of carbonyl (C=O) groups is 1. The molecule has 0 saturated carbocycles. The van der Waals surface area contributed by atoms with Crippen LogP contribution in [0.25, 0.3) is 0 Å². The van der Waals surface area contributed by atoms with Crippen LogP contribution >= 0.6 is 0 Å². The van der Waals surface area contributed by atoms with E-state index in [1.807, 2.05) is 6.92 Å². The summed E-state index contributed by atoms with van der Waals surface area (Å²) in [5.74, 6) is -0.477. The zero-order chi connectivity index (χ0) is 9.19. The third-order valence-electron chi connectivity index (χ3n) is 1.79. The predicted octanol–water partition coefficient (Wildman–Crippen LogP) is 0.973. The average molecular weight is 219 g/mol. The van der Waals surface area contributed by atoms with E-state index < -0.39 is 10.7 Å². The standard InChI is InChI=1S/C8H11O3.Cu/c1-3-7(9)11-8-6(2)4-5-10-8;/h3,6H,1,4-5H2,2H3;. The molecule has 0 radical (unpaired) electrons. The topological polar surface area (TPSA) is 35.5 Å². The van der Waals surface area contributed by atoms with Gasteiger partial charge in [-0.25, -0.2) is 0 Å². The fourth-order valence-electron chi connectivity index (χ4n) is 0.972. The van der Waals surface area contributed by atoms with Gasteiger partial charge in [0.25, 0.3) is 0 Å². The van der Waals surface area contributed by atoms with Crippen LogP contribution in [0.5, 0.6) is 0 Å². The van der Waals surface area contributed by atoms with Crippen LogP contribution in [0.1, 0.15) is 13.3 Å². The van der Waals surface area contributed by atoms with E-state index in [1.54, 1.807) is 0 Å². The molecule has 4 heteroatoms. The van der Waals surface area contributed by atoms with Crippen molar-refractivity contribution in [3.05, 3.63) is 12.7 Å². The van der Waals surface area contributed by atoms with Crippen molar-refractivity contribution in [2.24, 2.45) is 5.92 Å². The maximum atomic E-state index is 10.8. The molecule has 2 atom stereocenters. The van der Waals surface area contributed by atoms with Crippen molar-refractivity contribution in [2.45, 2.75) is 18.0 Å². The molecule has 1 heterocycles. The Balaban J connectivity index is 2.59. The molecule has 0 aromatic carbocycles. The van der Waals surface area contributed by atoms with Gasteiger partial charge in [-0.3, -0.25) is 0 Å². The van der Waals surface area contributed by atoms with Crippen molar-refractivity contribution >= 4 is 5.97 Å². The molecule has 1 rings (SSSR count). The monoisotopic (exact) mass is 218 g/mol. The number of hydrogen-bond donors (Lipinski definition) is 0. The van der Waals surface area contributed by atoms with Gasteiger partial charge < -0.3 is 0 Å². The molecule has 1 aliphatic rings. The van der Waals surface area contributed by atoms with Gasteiger partial charge in [0.05, 0.1) is 0 Å². The summed E-state index contributed by atoms with van der Waals surface area (Å²) < 4.78 is 8.84. The summed E-state index contributed by atoms with van der Waals surface area (Å²) in [4.78, 5) is 10.8. The molecule has 0 bridgehead atoms. The molecule has 12 heavy (non-hydrogen) atoms. The predicted molar refractivity (Wildman–Crippen MR) is 38.8 cm³/mol. The minimum atomic E-state index is -1.18. The summed E-state index contributed by atoms with van der Waals surface area (Å²) in [7, 11) is 0. The molecular formula is C8H11CuO3. The van der Waals surface area contributed by atoms with Gasteiger partial charge in [0, 0.05) is 0 Å². The Labute approximate surface area is 79.9 Å². The molecule has 1 fully saturated rings. The molecule has 0 N–H and O–H groups in total. The van der Waals surface area contributed by atoms with Gasteiger partial charge in [0.15, 0.2) is 0 Å². The van der Waals surface area contributed by atoms with Gasteiger partial charge >= 0.3 is 79.5 Å². The number of esters is 1. The van der Waals surface area contributed by atoms with Crippen molar-refractivity contribution in [1.82, 2.24) is 0 Å². The van der Waals surface area contributed by atoms with E-state index in [0.29, 0.717) is 6.61 Å². The van der Waals surface area contributed by atoms with E-state index in [9.17, 15) is 4.79 Å². The third kappa shape index (κ3) is 1.89. The van der Waals surface area contributed by atoms with Gasteiger partial charge in [0.1, 0.15) is 0 Å². The quantitative estimate of drug-likeness (QED) is 0.394. The van der Waals surface area contributed by atoms with Crippen molar-refractivity contribution < 1.29 is 30.3 Å². The molecular weight excluding hydrogens is 208 g/mol. The Morgan fingerprint density at radius 1 is 1.92 bits per heavy atom. The van der Waals surface area contributed by atoms with Gasteiger partial charge in [-0.2, -0.15) is 0 Å². The first-order chi connectivity index (χ1) is 5.58. The minimum absolute atomic E-state index is 0.0569. The summed E-state index contributed by atoms with van der Waals surface area (Å²) in [5, 5.41) is 0. The first-order valence-corrected chi connectivity index (χ1v) is 4.20. The van der Waals surface area contributed by atoms with Crippen LogP contribution < -0.4 is 0 Å². The van der Waals surface area contributed by atoms with Gasteiger partial charge in [-0.05, 0) is 0 Å². The van der Waals surface area contributed by atoms with E-state index >= 15 is 0 Å². The van der Waals surface area contributed by atoms with Crippen LogP contribution in [-0.4, -0.2) is 17.3 Å². The SMILES string of the molecule is C=CC(=O)O[C]1([Cu])OCCC1C. The number of ether oxygens (including phenoxy) is 2. The van der Waals surface area contributed by atoms with E-state index in [0.717, 1.165) is 12.5 Å². The van der Waals surface area contributed by atoms with Crippen molar-refractivity contribution in [3.63, 3.8) is 0 Å². The molecule has 0 spiro atoms. The Bertz CT molecular complexity index is 204. The summed E-state index contributed by atoms with van der Waals surface area (Å²) in [5.41, 5.74) is 0. The molecule has 0 amide bonds. The van der Waals surface area contributed by atoms with Gasteiger partial charge in [0.2, 0.25) is 0 Å². The molecule has 0 aromatic heterocycles. The Morgan fingerprint density at radius 2 is 2.58 bits per heavy atom. The van der Waals surface area contributed by atoms with Crippen LogP contribution in [0.3, 0.4) is 0 Å². The van der Waals surface area contributed by atoms with Crippen LogP contribution in [0.2, 0.25) is 0 Å². The Kier molecular flexibility index (Phi) is 2.94. The molecule has 2 unspecified atom stereocenters. The molecule has 3 nitrogen and oxygen atoms in total. The second-order valence-electron chi connectivity index (χ2n) is 2.69. The number of rotatable bonds is 2. The average Bonchev–Trinajstić information content (AvgIpc) is 2.32. The van der Waals surface area contributed by atoms with Crippen LogP contribution in [0, 0.1) is 5.92 Å². The van der Waals surface area contributed by atoms with E-state index in [2.05, 4.69) is 6.58 Å². The normalized spacial score (nSPS) is 34.8. The summed E-state index contributed by atoms with van der Waals surface area (Å²) in [6.07, 6.45) is 1.90. The second-order valence-corrected chi connectivity index (χ2v) is 3.35. The van der Waals surface area contributed by atoms with Crippen LogP contribution in [-0.2, 0) is 30.3 Å². The van der Waals surface area contributed by atoms with Crippen LogP contribution in [0.4, 0.5) is 0 Å². The maximum absolute atomic E-state index is 10.8. The molecule has 0 aliphatic carbocycles. The Morgan fingerprint density at radius 3 is 3.00 bits per heavy atom. The summed E-state index contributed by atoms with van der Waals surface area (Å²) in [6, 6.07) is 0. The molecule has 72 valence electrons. The Hall–Kier alpha value is -0.311. The first-order valence-electron chi connectivity index (χ1n) is 3.73. The zero-order valence-electron chi connectivity index (χ0n) is 6.80. The number of carbonyl (C=O) groups excluding carboxylic acids is 1. The number of hydrogen-bond acceptors (Lipinski definition) is 3. The van der Waals surface area contributed by atoms with Gasteiger partial charge in [-0.1, -0.05) is 0 Å². The third-order valence-corrected chi connectivity index (χ3v) is 2.48. The van der Waals surface area contributed by atoms with E-state index in [4.69, 9.17) is 25.5 Å². The molecule has 1 saturated heterocycles. The first kappa shape index (κ1) is 9.78. The fourth-order valence-corrected chi connectivity index (χ4v) is 1.30. The summed E-state index contributed by atoms with van der Waals surface area (Å²) in [6.45, 7) is 5.72.